The zero-order chi connectivity index (χ0) is 15.8. The zero-order valence-electron chi connectivity index (χ0n) is 12.9. The number of hydrogen-bond acceptors (Lipinski definition) is 2. The average Bonchev–Trinajstić information content (AvgIpc) is 2.54. The molecule has 4 heteroatoms. The number of rotatable bonds is 5. The molecular weight excluding hydrogens is 290 g/mol. The van der Waals surface area contributed by atoms with Crippen LogP contribution in [0.5, 0.6) is 0 Å². The summed E-state index contributed by atoms with van der Waals surface area (Å²) in [6.07, 6.45) is 1.76. The predicted molar refractivity (Wildman–Crippen MR) is 97.1 cm³/mol. The van der Waals surface area contributed by atoms with Crippen LogP contribution in [-0.4, -0.2) is 11.3 Å². The summed E-state index contributed by atoms with van der Waals surface area (Å²) in [5, 5.41) is 7.78. The van der Waals surface area contributed by atoms with E-state index in [1.165, 1.54) is 11.1 Å². The Kier molecular flexibility index (Phi) is 6.10. The van der Waals surface area contributed by atoms with Crippen LogP contribution in [0, 0.1) is 0 Å². The fourth-order valence-electron chi connectivity index (χ4n) is 1.95. The SMILES string of the molecule is CC(C)c1ccc(C=NNC(=S)NCc2ccccc2)cc1. The van der Waals surface area contributed by atoms with Crippen LogP contribution >= 0.6 is 12.2 Å². The van der Waals surface area contributed by atoms with Gasteiger partial charge in [-0.25, -0.2) is 0 Å². The standard InChI is InChI=1S/C18H21N3S/c1-14(2)17-10-8-16(9-11-17)13-20-21-18(22)19-12-15-6-4-3-5-7-15/h3-11,13-14H,12H2,1-2H3,(H2,19,21,22). The number of nitrogens with zero attached hydrogens (tertiary/aromatic N) is 1. The molecule has 0 unspecified atom stereocenters. The van der Waals surface area contributed by atoms with Crippen molar-refractivity contribution in [3.8, 4) is 0 Å². The Hall–Kier alpha value is -2.20. The van der Waals surface area contributed by atoms with Gasteiger partial charge in [0.1, 0.15) is 0 Å². The Balaban J connectivity index is 1.78. The number of thiocarbonyl (C=S) groups is 1. The molecule has 0 heterocycles. The molecule has 22 heavy (non-hydrogen) atoms. The molecule has 0 atom stereocenters. The van der Waals surface area contributed by atoms with Crippen LogP contribution in [0.25, 0.3) is 0 Å². The van der Waals surface area contributed by atoms with Crippen LogP contribution in [0.4, 0.5) is 0 Å². The van der Waals surface area contributed by atoms with Crippen molar-refractivity contribution in [2.45, 2.75) is 26.3 Å². The molecule has 0 aliphatic carbocycles. The summed E-state index contributed by atoms with van der Waals surface area (Å²) in [5.74, 6) is 0.541. The highest BCUT2D eigenvalue weighted by Gasteiger charge is 1.98. The Morgan fingerprint density at radius 1 is 1.09 bits per heavy atom. The van der Waals surface area contributed by atoms with Gasteiger partial charge in [-0.05, 0) is 34.8 Å². The molecular formula is C18H21N3S. The summed E-state index contributed by atoms with van der Waals surface area (Å²) >= 11 is 5.19. The van der Waals surface area contributed by atoms with E-state index >= 15 is 0 Å². The van der Waals surface area contributed by atoms with Crippen molar-refractivity contribution in [1.29, 1.82) is 0 Å². The molecule has 2 rings (SSSR count). The first kappa shape index (κ1) is 16.2. The first-order valence-electron chi connectivity index (χ1n) is 7.36. The fraction of sp³-hybridized carbons (Fsp3) is 0.222. The van der Waals surface area contributed by atoms with Crippen molar-refractivity contribution in [3.63, 3.8) is 0 Å². The molecule has 0 fully saturated rings. The largest absolute Gasteiger partial charge is 0.357 e. The smallest absolute Gasteiger partial charge is 0.187 e. The van der Waals surface area contributed by atoms with Gasteiger partial charge in [0.2, 0.25) is 0 Å². The van der Waals surface area contributed by atoms with Gasteiger partial charge in [0.05, 0.1) is 6.21 Å². The number of hydrogen-bond donors (Lipinski definition) is 2. The second-order valence-corrected chi connectivity index (χ2v) is 5.77. The van der Waals surface area contributed by atoms with E-state index in [9.17, 15) is 0 Å². The van der Waals surface area contributed by atoms with E-state index in [1.807, 2.05) is 18.2 Å². The molecule has 3 nitrogen and oxygen atoms in total. The van der Waals surface area contributed by atoms with Crippen molar-refractivity contribution in [2.75, 3.05) is 0 Å². The normalized spacial score (nSPS) is 10.9. The minimum absolute atomic E-state index is 0.513. The first-order chi connectivity index (χ1) is 10.6. The topological polar surface area (TPSA) is 36.4 Å². The highest BCUT2D eigenvalue weighted by molar-refractivity contribution is 7.80. The van der Waals surface area contributed by atoms with Gasteiger partial charge in [0, 0.05) is 6.54 Å². The molecule has 0 radical (unpaired) electrons. The van der Waals surface area contributed by atoms with Crippen molar-refractivity contribution >= 4 is 23.5 Å². The lowest BCUT2D eigenvalue weighted by Gasteiger charge is -2.07. The van der Waals surface area contributed by atoms with Crippen molar-refractivity contribution < 1.29 is 0 Å². The van der Waals surface area contributed by atoms with E-state index in [0.717, 1.165) is 5.56 Å². The number of benzene rings is 2. The van der Waals surface area contributed by atoms with Crippen molar-refractivity contribution in [1.82, 2.24) is 10.7 Å². The van der Waals surface area contributed by atoms with E-state index in [-0.39, 0.29) is 0 Å². The van der Waals surface area contributed by atoms with Gasteiger partial charge in [-0.15, -0.1) is 0 Å². The summed E-state index contributed by atoms with van der Waals surface area (Å²) in [6, 6.07) is 18.5. The van der Waals surface area contributed by atoms with Gasteiger partial charge < -0.3 is 5.32 Å². The maximum atomic E-state index is 5.19. The summed E-state index contributed by atoms with van der Waals surface area (Å²) in [6.45, 7) is 5.05. The molecule has 2 aromatic carbocycles. The highest BCUT2D eigenvalue weighted by Crippen LogP contribution is 2.13. The monoisotopic (exact) mass is 311 g/mol. The van der Waals surface area contributed by atoms with Crippen molar-refractivity contribution in [3.05, 3.63) is 71.3 Å². The maximum Gasteiger partial charge on any atom is 0.187 e. The number of nitrogens with one attached hydrogen (secondary N) is 2. The van der Waals surface area contributed by atoms with E-state index in [1.54, 1.807) is 6.21 Å². The lowest BCUT2D eigenvalue weighted by molar-refractivity contribution is 0.865. The maximum absolute atomic E-state index is 5.19. The number of hydrazone groups is 1. The molecule has 0 aliphatic rings. The summed E-state index contributed by atoms with van der Waals surface area (Å²) in [4.78, 5) is 0. The third kappa shape index (κ3) is 5.30. The van der Waals surface area contributed by atoms with Gasteiger partial charge in [0.25, 0.3) is 0 Å². The summed E-state index contributed by atoms with van der Waals surface area (Å²) in [7, 11) is 0. The second-order valence-electron chi connectivity index (χ2n) is 5.36. The Bertz CT molecular complexity index is 619. The Morgan fingerprint density at radius 3 is 2.41 bits per heavy atom. The van der Waals surface area contributed by atoms with Crippen molar-refractivity contribution in [2.24, 2.45) is 5.10 Å². The van der Waals surface area contributed by atoms with E-state index in [2.05, 4.69) is 66.1 Å². The Labute approximate surface area is 137 Å². The van der Waals surface area contributed by atoms with Crippen LogP contribution in [0.1, 0.15) is 36.5 Å². The van der Waals surface area contributed by atoms with Gasteiger partial charge in [-0.2, -0.15) is 5.10 Å². The molecule has 114 valence electrons. The third-order valence-corrected chi connectivity index (χ3v) is 3.51. The minimum Gasteiger partial charge on any atom is -0.357 e. The molecule has 0 spiro atoms. The summed E-state index contributed by atoms with van der Waals surface area (Å²) < 4.78 is 0. The van der Waals surface area contributed by atoms with Crippen LogP contribution in [-0.2, 0) is 6.54 Å². The van der Waals surface area contributed by atoms with E-state index in [0.29, 0.717) is 17.6 Å². The quantitative estimate of drug-likeness (QED) is 0.501. The molecule has 2 N–H and O–H groups in total. The molecule has 0 amide bonds. The average molecular weight is 311 g/mol. The van der Waals surface area contributed by atoms with Crippen LogP contribution in [0.2, 0.25) is 0 Å². The minimum atomic E-state index is 0.513. The van der Waals surface area contributed by atoms with Gasteiger partial charge >= 0.3 is 0 Å². The molecule has 0 aliphatic heterocycles. The highest BCUT2D eigenvalue weighted by atomic mass is 32.1. The van der Waals surface area contributed by atoms with Gasteiger partial charge in [-0.3, -0.25) is 5.43 Å². The van der Waals surface area contributed by atoms with Gasteiger partial charge in [-0.1, -0.05) is 68.4 Å². The zero-order valence-corrected chi connectivity index (χ0v) is 13.7. The van der Waals surface area contributed by atoms with Gasteiger partial charge in [0.15, 0.2) is 5.11 Å². The molecule has 0 saturated heterocycles. The lowest BCUT2D eigenvalue weighted by atomic mass is 10.0. The second kappa shape index (κ2) is 8.29. The Morgan fingerprint density at radius 2 is 1.77 bits per heavy atom. The van der Waals surface area contributed by atoms with Crippen LogP contribution < -0.4 is 10.7 Å². The molecule has 0 bridgehead atoms. The fourth-order valence-corrected chi connectivity index (χ4v) is 2.08. The van der Waals surface area contributed by atoms with Crippen LogP contribution in [0.3, 0.4) is 0 Å². The summed E-state index contributed by atoms with van der Waals surface area (Å²) in [5.41, 5.74) is 6.38. The lowest BCUT2D eigenvalue weighted by Crippen LogP contribution is -2.31. The molecule has 0 saturated carbocycles. The molecule has 2 aromatic rings. The first-order valence-corrected chi connectivity index (χ1v) is 7.77. The predicted octanol–water partition coefficient (Wildman–Crippen LogP) is 3.81. The van der Waals surface area contributed by atoms with E-state index in [4.69, 9.17) is 12.2 Å². The van der Waals surface area contributed by atoms with Crippen LogP contribution in [0.15, 0.2) is 59.7 Å². The third-order valence-electron chi connectivity index (χ3n) is 3.28. The molecule has 0 aromatic heterocycles. The van der Waals surface area contributed by atoms with E-state index < -0.39 is 0 Å².